The Hall–Kier alpha value is -0.860. The zero-order valence-electron chi connectivity index (χ0n) is 13.6. The summed E-state index contributed by atoms with van der Waals surface area (Å²) in [6, 6.07) is 0. The highest BCUT2D eigenvalue weighted by atomic mass is 16.5. The molecule has 0 aromatic rings. The van der Waals surface area contributed by atoms with Gasteiger partial charge in [-0.05, 0) is 19.3 Å². The lowest BCUT2D eigenvalue weighted by molar-refractivity contribution is 0.0706. The molecule has 0 aromatic heterocycles. The van der Waals surface area contributed by atoms with Crippen LogP contribution >= 0.6 is 0 Å². The quantitative estimate of drug-likeness (QED) is 0.440. The van der Waals surface area contributed by atoms with E-state index in [2.05, 4.69) is 32.2 Å². The summed E-state index contributed by atoms with van der Waals surface area (Å²) in [5, 5.41) is 0. The van der Waals surface area contributed by atoms with E-state index in [0.717, 1.165) is 6.42 Å². The molecule has 0 aromatic carbocycles. The minimum atomic E-state index is -0.0972. The van der Waals surface area contributed by atoms with E-state index in [9.17, 15) is 0 Å². The van der Waals surface area contributed by atoms with E-state index in [1.807, 2.05) is 46.8 Å². The van der Waals surface area contributed by atoms with Crippen molar-refractivity contribution in [1.29, 1.82) is 0 Å². The van der Waals surface area contributed by atoms with Crippen LogP contribution in [0.2, 0.25) is 0 Å². The monoisotopic (exact) mass is 257 g/mol. The molecular formula is C16H35NO. The Kier molecular flexibility index (Phi) is 42.8. The van der Waals surface area contributed by atoms with Crippen molar-refractivity contribution >= 4 is 0 Å². The van der Waals surface area contributed by atoms with Crippen LogP contribution in [0.4, 0.5) is 0 Å². The molecule has 0 amide bonds. The third kappa shape index (κ3) is 36.2. The Morgan fingerprint density at radius 3 is 1.78 bits per heavy atom. The Bertz CT molecular complexity index is 162. The summed E-state index contributed by atoms with van der Waals surface area (Å²) in [4.78, 5) is 0. The van der Waals surface area contributed by atoms with Crippen molar-refractivity contribution < 1.29 is 4.74 Å². The molecule has 0 aliphatic carbocycles. The van der Waals surface area contributed by atoms with Crippen LogP contribution in [0.5, 0.6) is 0 Å². The molecule has 0 spiro atoms. The highest BCUT2D eigenvalue weighted by Gasteiger charge is 2.02. The molecule has 0 radical (unpaired) electrons. The van der Waals surface area contributed by atoms with E-state index in [1.165, 1.54) is 0 Å². The number of rotatable bonds is 4. The maximum absolute atomic E-state index is 5.39. The molecule has 0 bridgehead atoms. The Morgan fingerprint density at radius 2 is 1.61 bits per heavy atom. The van der Waals surface area contributed by atoms with Gasteiger partial charge in [0.25, 0.3) is 0 Å². The number of nitrogens with two attached hydrogens (primary N) is 1. The van der Waals surface area contributed by atoms with Crippen molar-refractivity contribution in [1.82, 2.24) is 0 Å². The van der Waals surface area contributed by atoms with Crippen molar-refractivity contribution in [3.63, 3.8) is 0 Å². The first kappa shape index (κ1) is 25.9. The molecule has 2 nitrogen and oxygen atoms in total. The molecule has 0 aliphatic heterocycles. The van der Waals surface area contributed by atoms with Crippen molar-refractivity contribution in [2.75, 3.05) is 7.11 Å². The molecule has 18 heavy (non-hydrogen) atoms. The van der Waals surface area contributed by atoms with Gasteiger partial charge in [-0.2, -0.15) is 0 Å². The third-order valence-electron chi connectivity index (χ3n) is 1.60. The molecule has 0 heterocycles. The van der Waals surface area contributed by atoms with Crippen LogP contribution in [0.15, 0.2) is 37.5 Å². The van der Waals surface area contributed by atoms with Crippen LogP contribution in [0.25, 0.3) is 0 Å². The topological polar surface area (TPSA) is 35.2 Å². The number of allylic oxidation sites excluding steroid dienone is 4. The van der Waals surface area contributed by atoms with Gasteiger partial charge in [0, 0.05) is 7.11 Å². The van der Waals surface area contributed by atoms with Crippen molar-refractivity contribution in [3.8, 4) is 0 Å². The van der Waals surface area contributed by atoms with Gasteiger partial charge < -0.3 is 10.5 Å². The van der Waals surface area contributed by atoms with Crippen LogP contribution in [0.1, 0.15) is 48.0 Å². The predicted octanol–water partition coefficient (Wildman–Crippen LogP) is 4.93. The molecule has 110 valence electrons. The average Bonchev–Trinajstić information content (AvgIpc) is 2.43. The van der Waals surface area contributed by atoms with Gasteiger partial charge in [0.05, 0.1) is 0 Å². The largest absolute Gasteiger partial charge is 0.367 e. The SMILES string of the molecule is C/C=C\C=C/CC.C=C.CC.COC(N)C(C)C. The van der Waals surface area contributed by atoms with Gasteiger partial charge in [-0.1, -0.05) is 58.9 Å². The molecular weight excluding hydrogens is 222 g/mol. The van der Waals surface area contributed by atoms with E-state index < -0.39 is 0 Å². The first-order valence-electron chi connectivity index (χ1n) is 6.66. The van der Waals surface area contributed by atoms with Gasteiger partial charge in [-0.3, -0.25) is 0 Å². The third-order valence-corrected chi connectivity index (χ3v) is 1.60. The van der Waals surface area contributed by atoms with Gasteiger partial charge in [0.2, 0.25) is 0 Å². The minimum absolute atomic E-state index is 0.0972. The Balaban J connectivity index is -0.0000000851. The molecule has 1 atom stereocenters. The molecule has 0 rings (SSSR count). The number of hydrogen-bond donors (Lipinski definition) is 1. The second kappa shape index (κ2) is 29.8. The van der Waals surface area contributed by atoms with Crippen LogP contribution in [-0.4, -0.2) is 13.3 Å². The van der Waals surface area contributed by atoms with E-state index in [0.29, 0.717) is 5.92 Å². The number of hydrogen-bond acceptors (Lipinski definition) is 2. The van der Waals surface area contributed by atoms with Crippen LogP contribution in [-0.2, 0) is 4.74 Å². The van der Waals surface area contributed by atoms with Gasteiger partial charge >= 0.3 is 0 Å². The fourth-order valence-corrected chi connectivity index (χ4v) is 0.598. The lowest BCUT2D eigenvalue weighted by atomic mass is 10.2. The normalized spacial score (nSPS) is 10.9. The number of methoxy groups -OCH3 is 1. The Labute approximate surface area is 116 Å². The van der Waals surface area contributed by atoms with Gasteiger partial charge in [-0.15, -0.1) is 13.2 Å². The average molecular weight is 257 g/mol. The molecule has 2 heteroatoms. The molecule has 0 saturated carbocycles. The second-order valence-corrected chi connectivity index (χ2v) is 3.31. The first-order valence-corrected chi connectivity index (χ1v) is 6.66. The molecule has 0 saturated heterocycles. The highest BCUT2D eigenvalue weighted by Crippen LogP contribution is 1.96. The molecule has 0 fully saturated rings. The fraction of sp³-hybridized carbons (Fsp3) is 0.625. The molecule has 2 N–H and O–H groups in total. The summed E-state index contributed by atoms with van der Waals surface area (Å²) in [6.07, 6.45) is 9.26. The summed E-state index contributed by atoms with van der Waals surface area (Å²) in [7, 11) is 1.62. The van der Waals surface area contributed by atoms with Crippen molar-refractivity contribution in [2.24, 2.45) is 11.7 Å². The van der Waals surface area contributed by atoms with Crippen molar-refractivity contribution in [3.05, 3.63) is 37.5 Å². The Morgan fingerprint density at radius 1 is 1.17 bits per heavy atom. The van der Waals surface area contributed by atoms with Crippen molar-refractivity contribution in [2.45, 2.75) is 54.2 Å². The van der Waals surface area contributed by atoms with Crippen LogP contribution in [0, 0.1) is 5.92 Å². The second-order valence-electron chi connectivity index (χ2n) is 3.31. The van der Waals surface area contributed by atoms with Crippen LogP contribution < -0.4 is 5.73 Å². The predicted molar refractivity (Wildman–Crippen MR) is 86.7 cm³/mol. The van der Waals surface area contributed by atoms with Gasteiger partial charge in [0.15, 0.2) is 0 Å². The molecule has 1 unspecified atom stereocenters. The van der Waals surface area contributed by atoms with Gasteiger partial charge in [0.1, 0.15) is 6.23 Å². The minimum Gasteiger partial charge on any atom is -0.367 e. The zero-order valence-corrected chi connectivity index (χ0v) is 13.6. The maximum Gasteiger partial charge on any atom is 0.107 e. The molecule has 0 aliphatic rings. The summed E-state index contributed by atoms with van der Waals surface area (Å²) in [5.41, 5.74) is 5.39. The first-order chi connectivity index (χ1) is 8.59. The van der Waals surface area contributed by atoms with Gasteiger partial charge in [-0.25, -0.2) is 0 Å². The van der Waals surface area contributed by atoms with E-state index in [-0.39, 0.29) is 6.23 Å². The lowest BCUT2D eigenvalue weighted by Gasteiger charge is -2.11. The summed E-state index contributed by atoms with van der Waals surface area (Å²) in [6.45, 7) is 18.2. The summed E-state index contributed by atoms with van der Waals surface area (Å²) >= 11 is 0. The van der Waals surface area contributed by atoms with E-state index >= 15 is 0 Å². The van der Waals surface area contributed by atoms with E-state index in [1.54, 1.807) is 7.11 Å². The van der Waals surface area contributed by atoms with E-state index in [4.69, 9.17) is 10.5 Å². The summed E-state index contributed by atoms with van der Waals surface area (Å²) in [5.74, 6) is 0.421. The smallest absolute Gasteiger partial charge is 0.107 e. The lowest BCUT2D eigenvalue weighted by Crippen LogP contribution is -2.27. The highest BCUT2D eigenvalue weighted by molar-refractivity contribution is 5.00. The standard InChI is InChI=1S/C7H12.C5H13NO.C2H6.C2H4/c1-3-5-7-6-4-2;1-4(2)5(6)7-3;2*1-2/h3,5-7H,4H2,1-2H3;4-5H,6H2,1-3H3;1-2H3;1-2H2/b5-3-,7-6-;;;. The summed E-state index contributed by atoms with van der Waals surface area (Å²) < 4.78 is 4.79. The van der Waals surface area contributed by atoms with Crippen LogP contribution in [0.3, 0.4) is 0 Å². The number of ether oxygens (including phenoxy) is 1. The maximum atomic E-state index is 5.39. The fourth-order valence-electron chi connectivity index (χ4n) is 0.598. The zero-order chi connectivity index (χ0) is 15.4.